The molecular formula is C17H23FN2O. The van der Waals surface area contributed by atoms with E-state index in [0.717, 1.165) is 25.2 Å². The lowest BCUT2D eigenvalue weighted by molar-refractivity contribution is 0.0556. The van der Waals surface area contributed by atoms with Crippen molar-refractivity contribution in [2.24, 2.45) is 0 Å². The van der Waals surface area contributed by atoms with Crippen LogP contribution in [0.5, 0.6) is 0 Å². The summed E-state index contributed by atoms with van der Waals surface area (Å²) >= 11 is 0. The average Bonchev–Trinajstić information content (AvgIpc) is 2.45. The van der Waals surface area contributed by atoms with E-state index in [-0.39, 0.29) is 12.4 Å². The average molecular weight is 290 g/mol. The Morgan fingerprint density at radius 1 is 1.29 bits per heavy atom. The van der Waals surface area contributed by atoms with Crippen LogP contribution < -0.4 is 0 Å². The van der Waals surface area contributed by atoms with E-state index in [4.69, 9.17) is 5.11 Å². The molecular weight excluding hydrogens is 267 g/mol. The van der Waals surface area contributed by atoms with Gasteiger partial charge in [-0.15, -0.1) is 0 Å². The van der Waals surface area contributed by atoms with E-state index in [1.165, 1.54) is 6.07 Å². The number of aliphatic hydroxyl groups is 1. The minimum Gasteiger partial charge on any atom is -0.384 e. The Bertz CT molecular complexity index is 537. The Labute approximate surface area is 126 Å². The molecule has 114 valence electrons. The predicted octanol–water partition coefficient (Wildman–Crippen LogP) is 1.69. The van der Waals surface area contributed by atoms with Gasteiger partial charge in [-0.1, -0.05) is 17.9 Å². The van der Waals surface area contributed by atoms with Crippen LogP contribution in [0, 0.1) is 17.7 Å². The maximum Gasteiger partial charge on any atom is 0.138 e. The summed E-state index contributed by atoms with van der Waals surface area (Å²) in [5.74, 6) is 4.83. The summed E-state index contributed by atoms with van der Waals surface area (Å²) in [5.41, 5.74) is 1.42. The molecule has 1 fully saturated rings. The van der Waals surface area contributed by atoms with Crippen molar-refractivity contribution < 1.29 is 9.50 Å². The van der Waals surface area contributed by atoms with Crippen LogP contribution in [-0.2, 0) is 6.54 Å². The van der Waals surface area contributed by atoms with Gasteiger partial charge in [0, 0.05) is 31.7 Å². The van der Waals surface area contributed by atoms with Crippen LogP contribution in [0.25, 0.3) is 0 Å². The number of rotatable bonds is 2. The molecule has 0 aliphatic carbocycles. The van der Waals surface area contributed by atoms with Crippen LogP contribution in [0.3, 0.4) is 0 Å². The predicted molar refractivity (Wildman–Crippen MR) is 82.3 cm³/mol. The highest BCUT2D eigenvalue weighted by Gasteiger charge is 2.26. The maximum atomic E-state index is 13.6. The molecule has 0 amide bonds. The van der Waals surface area contributed by atoms with Crippen LogP contribution in [0.2, 0.25) is 0 Å². The van der Waals surface area contributed by atoms with Crippen molar-refractivity contribution in [1.82, 2.24) is 9.80 Å². The normalized spacial score (nSPS) is 23.7. The van der Waals surface area contributed by atoms with Gasteiger partial charge in [0.05, 0.1) is 5.56 Å². The van der Waals surface area contributed by atoms with Gasteiger partial charge in [-0.3, -0.25) is 9.80 Å². The Hall–Kier alpha value is -1.41. The molecule has 1 heterocycles. The molecule has 0 saturated carbocycles. The van der Waals surface area contributed by atoms with Crippen LogP contribution >= 0.6 is 0 Å². The molecule has 3 nitrogen and oxygen atoms in total. The second-order valence-corrected chi connectivity index (χ2v) is 5.83. The molecule has 4 heteroatoms. The first-order chi connectivity index (χ1) is 10.0. The first kappa shape index (κ1) is 16.0. The summed E-state index contributed by atoms with van der Waals surface area (Å²) in [6, 6.07) is 6.09. The van der Waals surface area contributed by atoms with E-state index in [9.17, 15) is 4.39 Å². The molecule has 1 saturated heterocycles. The minimum absolute atomic E-state index is 0.253. The van der Waals surface area contributed by atoms with E-state index in [1.807, 2.05) is 6.07 Å². The summed E-state index contributed by atoms with van der Waals surface area (Å²) in [7, 11) is 2.16. The van der Waals surface area contributed by atoms with Gasteiger partial charge in [0.25, 0.3) is 0 Å². The third-order valence-electron chi connectivity index (χ3n) is 4.17. The SMILES string of the molecule is CC1CN(Cc2ccc(F)c(C#CCO)c2)CC(C)N1C. The Balaban J connectivity index is 2.09. The molecule has 0 spiro atoms. The fraction of sp³-hybridized carbons (Fsp3) is 0.529. The standard InChI is InChI=1S/C17H23FN2O/c1-13-10-20(11-14(2)19(13)3)12-15-6-7-17(18)16(9-15)5-4-8-21/h6-7,9,13-14,21H,8,10-12H2,1-3H3. The van der Waals surface area contributed by atoms with Crippen molar-refractivity contribution in [2.75, 3.05) is 26.7 Å². The van der Waals surface area contributed by atoms with Gasteiger partial charge < -0.3 is 5.11 Å². The summed E-state index contributed by atoms with van der Waals surface area (Å²) in [5, 5.41) is 8.72. The lowest BCUT2D eigenvalue weighted by atomic mass is 10.1. The van der Waals surface area contributed by atoms with Gasteiger partial charge in [-0.05, 0) is 38.6 Å². The molecule has 1 N–H and O–H groups in total. The molecule has 1 aliphatic rings. The third kappa shape index (κ3) is 4.04. The fourth-order valence-electron chi connectivity index (χ4n) is 2.80. The van der Waals surface area contributed by atoms with Crippen molar-refractivity contribution in [3.63, 3.8) is 0 Å². The van der Waals surface area contributed by atoms with Crippen molar-refractivity contribution >= 4 is 0 Å². The minimum atomic E-state index is -0.334. The third-order valence-corrected chi connectivity index (χ3v) is 4.17. The number of benzene rings is 1. The highest BCUT2D eigenvalue weighted by atomic mass is 19.1. The van der Waals surface area contributed by atoms with Gasteiger partial charge in [0.15, 0.2) is 0 Å². The molecule has 2 rings (SSSR count). The van der Waals surface area contributed by atoms with Gasteiger partial charge in [0.1, 0.15) is 12.4 Å². The fourth-order valence-corrected chi connectivity index (χ4v) is 2.80. The molecule has 0 radical (unpaired) electrons. The zero-order chi connectivity index (χ0) is 15.4. The van der Waals surface area contributed by atoms with E-state index >= 15 is 0 Å². The van der Waals surface area contributed by atoms with E-state index in [1.54, 1.807) is 6.07 Å². The highest BCUT2D eigenvalue weighted by Crippen LogP contribution is 2.17. The Morgan fingerprint density at radius 2 is 1.95 bits per heavy atom. The molecule has 21 heavy (non-hydrogen) atoms. The lowest BCUT2D eigenvalue weighted by Crippen LogP contribution is -2.54. The van der Waals surface area contributed by atoms with Crippen LogP contribution in [0.4, 0.5) is 4.39 Å². The van der Waals surface area contributed by atoms with Crippen molar-refractivity contribution in [3.8, 4) is 11.8 Å². The second kappa shape index (κ2) is 7.04. The van der Waals surface area contributed by atoms with E-state index in [2.05, 4.69) is 42.5 Å². The number of nitrogens with zero attached hydrogens (tertiary/aromatic N) is 2. The molecule has 1 aromatic rings. The lowest BCUT2D eigenvalue weighted by Gasteiger charge is -2.42. The Morgan fingerprint density at radius 3 is 2.57 bits per heavy atom. The van der Waals surface area contributed by atoms with Gasteiger partial charge in [-0.2, -0.15) is 0 Å². The smallest absolute Gasteiger partial charge is 0.138 e. The van der Waals surface area contributed by atoms with Crippen molar-refractivity contribution in [1.29, 1.82) is 0 Å². The highest BCUT2D eigenvalue weighted by molar-refractivity contribution is 5.38. The van der Waals surface area contributed by atoms with Gasteiger partial charge in [-0.25, -0.2) is 4.39 Å². The number of likely N-dealkylation sites (N-methyl/N-ethyl adjacent to an activating group) is 1. The number of halogens is 1. The van der Waals surface area contributed by atoms with Crippen LogP contribution in [0.1, 0.15) is 25.0 Å². The van der Waals surface area contributed by atoms with Crippen molar-refractivity contribution in [3.05, 3.63) is 35.1 Å². The van der Waals surface area contributed by atoms with E-state index in [0.29, 0.717) is 17.6 Å². The number of hydrogen-bond acceptors (Lipinski definition) is 3. The van der Waals surface area contributed by atoms with Crippen LogP contribution in [-0.4, -0.2) is 53.7 Å². The molecule has 1 aromatic carbocycles. The molecule has 0 aromatic heterocycles. The largest absolute Gasteiger partial charge is 0.384 e. The number of aliphatic hydroxyl groups excluding tert-OH is 1. The zero-order valence-corrected chi connectivity index (χ0v) is 12.9. The quantitative estimate of drug-likeness (QED) is 0.840. The summed E-state index contributed by atoms with van der Waals surface area (Å²) in [6.07, 6.45) is 0. The monoisotopic (exact) mass is 290 g/mol. The molecule has 2 atom stereocenters. The number of piperazine rings is 1. The Kier molecular flexibility index (Phi) is 5.35. The summed E-state index contributed by atoms with van der Waals surface area (Å²) in [6.45, 7) is 7.02. The summed E-state index contributed by atoms with van der Waals surface area (Å²) < 4.78 is 13.6. The topological polar surface area (TPSA) is 26.7 Å². The molecule has 0 bridgehead atoms. The summed E-state index contributed by atoms with van der Waals surface area (Å²) in [4.78, 5) is 4.78. The van der Waals surface area contributed by atoms with Crippen LogP contribution in [0.15, 0.2) is 18.2 Å². The zero-order valence-electron chi connectivity index (χ0n) is 12.9. The first-order valence-corrected chi connectivity index (χ1v) is 7.33. The van der Waals surface area contributed by atoms with Gasteiger partial charge >= 0.3 is 0 Å². The van der Waals surface area contributed by atoms with E-state index < -0.39 is 0 Å². The first-order valence-electron chi connectivity index (χ1n) is 7.33. The second-order valence-electron chi connectivity index (χ2n) is 5.83. The van der Waals surface area contributed by atoms with Gasteiger partial charge in [0.2, 0.25) is 0 Å². The number of hydrogen-bond donors (Lipinski definition) is 1. The van der Waals surface area contributed by atoms with Crippen molar-refractivity contribution in [2.45, 2.75) is 32.5 Å². The molecule has 2 unspecified atom stereocenters. The maximum absolute atomic E-state index is 13.6. The molecule has 1 aliphatic heterocycles.